The number of thioether (sulfide) groups is 1. The smallest absolute Gasteiger partial charge is 0.262 e. The summed E-state index contributed by atoms with van der Waals surface area (Å²) in [6, 6.07) is 10.6. The minimum atomic E-state index is -0.237. The standard InChI is InChI=1S/C19H19ClN4O2S/c1-2-3-11-24-18(26)13-7-4-5-8-14(13)23-19(24)27-12-16(25)22-15-9-6-10-21-17(15)20/h4-10H,2-3,11-12H2,1H3,(H,22,25). The van der Waals surface area contributed by atoms with E-state index in [9.17, 15) is 9.59 Å². The van der Waals surface area contributed by atoms with Crippen LogP contribution in [-0.4, -0.2) is 26.2 Å². The van der Waals surface area contributed by atoms with E-state index in [1.54, 1.807) is 35.0 Å². The number of fused-ring (bicyclic) bond motifs is 1. The molecule has 0 aliphatic rings. The minimum Gasteiger partial charge on any atom is -0.323 e. The molecule has 0 unspecified atom stereocenters. The third-order valence-electron chi connectivity index (χ3n) is 3.93. The first-order valence-electron chi connectivity index (χ1n) is 8.63. The van der Waals surface area contributed by atoms with Gasteiger partial charge in [0.2, 0.25) is 5.91 Å². The maximum Gasteiger partial charge on any atom is 0.262 e. The predicted molar refractivity (Wildman–Crippen MR) is 110 cm³/mol. The second kappa shape index (κ2) is 9.01. The van der Waals surface area contributed by atoms with Crippen LogP contribution in [0.4, 0.5) is 5.69 Å². The van der Waals surface area contributed by atoms with Gasteiger partial charge in [-0.15, -0.1) is 0 Å². The lowest BCUT2D eigenvalue weighted by Gasteiger charge is -2.13. The molecule has 0 atom stereocenters. The van der Waals surface area contributed by atoms with Crippen molar-refractivity contribution in [1.29, 1.82) is 0 Å². The summed E-state index contributed by atoms with van der Waals surface area (Å²) in [5.74, 6) is -0.123. The maximum absolute atomic E-state index is 12.8. The Morgan fingerprint density at radius 2 is 2.07 bits per heavy atom. The summed E-state index contributed by atoms with van der Waals surface area (Å²) in [5, 5.41) is 4.09. The number of amides is 1. The summed E-state index contributed by atoms with van der Waals surface area (Å²) < 4.78 is 1.65. The number of anilines is 1. The van der Waals surface area contributed by atoms with Crippen LogP contribution in [0.5, 0.6) is 0 Å². The monoisotopic (exact) mass is 402 g/mol. The summed E-state index contributed by atoms with van der Waals surface area (Å²) in [6.45, 7) is 2.64. The molecule has 1 N–H and O–H groups in total. The lowest BCUT2D eigenvalue weighted by molar-refractivity contribution is -0.113. The molecule has 140 valence electrons. The van der Waals surface area contributed by atoms with Crippen molar-refractivity contribution in [3.63, 3.8) is 0 Å². The second-order valence-electron chi connectivity index (χ2n) is 5.90. The number of nitrogens with zero attached hydrogens (tertiary/aromatic N) is 3. The molecule has 0 bridgehead atoms. The quantitative estimate of drug-likeness (QED) is 0.367. The number of aromatic nitrogens is 3. The molecule has 2 aromatic heterocycles. The zero-order valence-electron chi connectivity index (χ0n) is 14.8. The number of para-hydroxylation sites is 1. The fourth-order valence-corrected chi connectivity index (χ4v) is 3.56. The van der Waals surface area contributed by atoms with Crippen molar-refractivity contribution in [3.8, 4) is 0 Å². The predicted octanol–water partition coefficient (Wildman–Crippen LogP) is 3.98. The third-order valence-corrected chi connectivity index (χ3v) is 5.21. The Labute approximate surface area is 166 Å². The molecule has 27 heavy (non-hydrogen) atoms. The van der Waals surface area contributed by atoms with Crippen LogP contribution in [-0.2, 0) is 11.3 Å². The molecule has 0 saturated carbocycles. The summed E-state index contributed by atoms with van der Waals surface area (Å²) in [5.41, 5.74) is 1.01. The fourth-order valence-electron chi connectivity index (χ4n) is 2.57. The Morgan fingerprint density at radius 1 is 1.26 bits per heavy atom. The molecular weight excluding hydrogens is 384 g/mol. The molecule has 0 fully saturated rings. The SMILES string of the molecule is CCCCn1c(SCC(=O)Nc2cccnc2Cl)nc2ccccc2c1=O. The Morgan fingerprint density at radius 3 is 2.85 bits per heavy atom. The number of hydrogen-bond donors (Lipinski definition) is 1. The Balaban J connectivity index is 1.81. The summed E-state index contributed by atoms with van der Waals surface area (Å²) >= 11 is 7.20. The number of unbranched alkanes of at least 4 members (excludes halogenated alkanes) is 1. The van der Waals surface area contributed by atoms with Crippen molar-refractivity contribution in [2.24, 2.45) is 0 Å². The van der Waals surface area contributed by atoms with E-state index in [1.165, 1.54) is 11.8 Å². The first-order valence-corrected chi connectivity index (χ1v) is 9.99. The van der Waals surface area contributed by atoms with Gasteiger partial charge in [-0.1, -0.05) is 48.8 Å². The van der Waals surface area contributed by atoms with E-state index in [4.69, 9.17) is 11.6 Å². The molecule has 6 nitrogen and oxygen atoms in total. The van der Waals surface area contributed by atoms with Crippen LogP contribution in [0.15, 0.2) is 52.5 Å². The highest BCUT2D eigenvalue weighted by molar-refractivity contribution is 7.99. The van der Waals surface area contributed by atoms with Gasteiger partial charge in [-0.3, -0.25) is 14.2 Å². The molecule has 0 spiro atoms. The van der Waals surface area contributed by atoms with Gasteiger partial charge in [0.15, 0.2) is 10.3 Å². The molecule has 1 amide bonds. The first kappa shape index (κ1) is 19.4. The van der Waals surface area contributed by atoms with E-state index in [-0.39, 0.29) is 22.4 Å². The maximum atomic E-state index is 12.8. The largest absolute Gasteiger partial charge is 0.323 e. The number of hydrogen-bond acceptors (Lipinski definition) is 5. The van der Waals surface area contributed by atoms with Crippen molar-refractivity contribution in [2.45, 2.75) is 31.5 Å². The average Bonchev–Trinajstić information content (AvgIpc) is 2.68. The molecule has 1 aromatic carbocycles. The summed E-state index contributed by atoms with van der Waals surface area (Å²) in [7, 11) is 0. The van der Waals surface area contributed by atoms with Crippen LogP contribution in [0.1, 0.15) is 19.8 Å². The molecule has 8 heteroatoms. The van der Waals surface area contributed by atoms with Crippen LogP contribution >= 0.6 is 23.4 Å². The lowest BCUT2D eigenvalue weighted by atomic mass is 10.2. The highest BCUT2D eigenvalue weighted by atomic mass is 35.5. The van der Waals surface area contributed by atoms with Crippen molar-refractivity contribution in [3.05, 3.63) is 58.1 Å². The number of carbonyl (C=O) groups excluding carboxylic acids is 1. The lowest BCUT2D eigenvalue weighted by Crippen LogP contribution is -2.24. The van der Waals surface area contributed by atoms with Gasteiger partial charge in [0.05, 0.1) is 22.3 Å². The highest BCUT2D eigenvalue weighted by Gasteiger charge is 2.13. The normalized spacial score (nSPS) is 10.9. The summed E-state index contributed by atoms with van der Waals surface area (Å²) in [4.78, 5) is 33.6. The van der Waals surface area contributed by atoms with E-state index in [0.717, 1.165) is 12.8 Å². The Kier molecular flexibility index (Phi) is 6.47. The average molecular weight is 403 g/mol. The van der Waals surface area contributed by atoms with E-state index >= 15 is 0 Å². The van der Waals surface area contributed by atoms with E-state index in [2.05, 4.69) is 22.2 Å². The second-order valence-corrected chi connectivity index (χ2v) is 7.20. The molecule has 3 rings (SSSR count). The Bertz CT molecular complexity index is 1020. The van der Waals surface area contributed by atoms with E-state index < -0.39 is 0 Å². The van der Waals surface area contributed by atoms with Gasteiger partial charge in [-0.25, -0.2) is 9.97 Å². The van der Waals surface area contributed by atoms with Gasteiger partial charge >= 0.3 is 0 Å². The van der Waals surface area contributed by atoms with Crippen molar-refractivity contribution in [1.82, 2.24) is 14.5 Å². The molecule has 0 radical (unpaired) electrons. The topological polar surface area (TPSA) is 76.9 Å². The van der Waals surface area contributed by atoms with Crippen LogP contribution in [0.25, 0.3) is 10.9 Å². The number of nitrogens with one attached hydrogen (secondary N) is 1. The number of carbonyl (C=O) groups is 1. The number of benzene rings is 1. The fraction of sp³-hybridized carbons (Fsp3) is 0.263. The number of rotatable bonds is 7. The van der Waals surface area contributed by atoms with Crippen molar-refractivity contribution in [2.75, 3.05) is 11.1 Å². The Hall–Kier alpha value is -2.38. The van der Waals surface area contributed by atoms with Crippen LogP contribution < -0.4 is 10.9 Å². The zero-order chi connectivity index (χ0) is 19.2. The number of pyridine rings is 1. The third kappa shape index (κ3) is 4.67. The zero-order valence-corrected chi connectivity index (χ0v) is 16.4. The van der Waals surface area contributed by atoms with Crippen molar-refractivity contribution < 1.29 is 4.79 Å². The van der Waals surface area contributed by atoms with Gasteiger partial charge in [-0.2, -0.15) is 0 Å². The van der Waals surface area contributed by atoms with Crippen LogP contribution in [0.2, 0.25) is 5.15 Å². The van der Waals surface area contributed by atoms with Gasteiger partial charge in [0, 0.05) is 12.7 Å². The van der Waals surface area contributed by atoms with Gasteiger partial charge in [0.1, 0.15) is 0 Å². The minimum absolute atomic E-state index is 0.0766. The van der Waals surface area contributed by atoms with Crippen LogP contribution in [0.3, 0.4) is 0 Å². The number of halogens is 1. The van der Waals surface area contributed by atoms with Gasteiger partial charge in [0.25, 0.3) is 5.56 Å². The summed E-state index contributed by atoms with van der Waals surface area (Å²) in [6.07, 6.45) is 3.38. The molecular formula is C19H19ClN4O2S. The molecule has 2 heterocycles. The van der Waals surface area contributed by atoms with Crippen LogP contribution in [0, 0.1) is 0 Å². The highest BCUT2D eigenvalue weighted by Crippen LogP contribution is 2.21. The van der Waals surface area contributed by atoms with E-state index in [1.807, 2.05) is 12.1 Å². The first-order chi connectivity index (χ1) is 13.1. The van der Waals surface area contributed by atoms with Crippen molar-refractivity contribution >= 4 is 45.9 Å². The van der Waals surface area contributed by atoms with Gasteiger partial charge in [-0.05, 0) is 30.7 Å². The molecule has 0 aliphatic carbocycles. The molecule has 3 aromatic rings. The van der Waals surface area contributed by atoms with E-state index in [0.29, 0.717) is 28.3 Å². The molecule has 0 aliphatic heterocycles. The van der Waals surface area contributed by atoms with Gasteiger partial charge < -0.3 is 5.32 Å². The molecule has 0 saturated heterocycles.